The standard InChI is InChI=1S/C16H18BrN7O/c1-16(2,10-21-25)23-13-6-14(19-8-11-4-3-5-18-7-11)24-15(22-13)12(17)9-20-24/h3-7,9,19H,8,10H2,1-2H3,(H,22,23). The first-order chi connectivity index (χ1) is 12.0. The molecule has 0 fully saturated rings. The van der Waals surface area contributed by atoms with Gasteiger partial charge in [-0.1, -0.05) is 11.2 Å². The molecule has 130 valence electrons. The van der Waals surface area contributed by atoms with Crippen LogP contribution in [0.15, 0.2) is 46.4 Å². The summed E-state index contributed by atoms with van der Waals surface area (Å²) in [7, 11) is 0. The van der Waals surface area contributed by atoms with Gasteiger partial charge in [-0.05, 0) is 41.4 Å². The predicted octanol–water partition coefficient (Wildman–Crippen LogP) is 3.46. The van der Waals surface area contributed by atoms with Gasteiger partial charge >= 0.3 is 0 Å². The molecule has 25 heavy (non-hydrogen) atoms. The number of fused-ring (bicyclic) bond motifs is 1. The van der Waals surface area contributed by atoms with Crippen molar-refractivity contribution in [2.45, 2.75) is 25.9 Å². The molecule has 8 nitrogen and oxygen atoms in total. The van der Waals surface area contributed by atoms with E-state index in [9.17, 15) is 4.91 Å². The lowest BCUT2D eigenvalue weighted by Gasteiger charge is -2.24. The van der Waals surface area contributed by atoms with Gasteiger partial charge < -0.3 is 10.6 Å². The van der Waals surface area contributed by atoms with Gasteiger partial charge in [-0.15, -0.1) is 0 Å². The van der Waals surface area contributed by atoms with Crippen molar-refractivity contribution in [3.63, 3.8) is 0 Å². The third-order valence-electron chi connectivity index (χ3n) is 3.55. The summed E-state index contributed by atoms with van der Waals surface area (Å²) in [6.07, 6.45) is 5.24. The molecule has 0 radical (unpaired) electrons. The first-order valence-electron chi connectivity index (χ1n) is 7.73. The summed E-state index contributed by atoms with van der Waals surface area (Å²) in [6, 6.07) is 5.75. The van der Waals surface area contributed by atoms with Crippen LogP contribution in [0.1, 0.15) is 19.4 Å². The number of nitroso groups, excluding NO2 is 1. The van der Waals surface area contributed by atoms with Crippen molar-refractivity contribution in [2.24, 2.45) is 5.18 Å². The van der Waals surface area contributed by atoms with E-state index >= 15 is 0 Å². The van der Waals surface area contributed by atoms with Crippen LogP contribution in [0.4, 0.5) is 11.6 Å². The smallest absolute Gasteiger partial charge is 0.173 e. The molecule has 9 heteroatoms. The van der Waals surface area contributed by atoms with E-state index in [2.05, 4.69) is 46.8 Å². The number of hydrogen-bond donors (Lipinski definition) is 2. The van der Waals surface area contributed by atoms with E-state index < -0.39 is 5.54 Å². The Morgan fingerprint density at radius 3 is 2.92 bits per heavy atom. The highest BCUT2D eigenvalue weighted by Crippen LogP contribution is 2.24. The second kappa shape index (κ2) is 7.14. The Bertz CT molecular complexity index is 879. The molecule has 0 aliphatic rings. The number of nitrogens with one attached hydrogen (secondary N) is 2. The number of anilines is 2. The van der Waals surface area contributed by atoms with Crippen molar-refractivity contribution < 1.29 is 0 Å². The van der Waals surface area contributed by atoms with Crippen LogP contribution in [0.5, 0.6) is 0 Å². The zero-order valence-electron chi connectivity index (χ0n) is 13.9. The third kappa shape index (κ3) is 4.11. The molecule has 0 unspecified atom stereocenters. The Labute approximate surface area is 153 Å². The van der Waals surface area contributed by atoms with Crippen molar-refractivity contribution in [1.29, 1.82) is 0 Å². The Morgan fingerprint density at radius 1 is 1.36 bits per heavy atom. The average molecular weight is 404 g/mol. The minimum Gasteiger partial charge on any atom is -0.366 e. The highest BCUT2D eigenvalue weighted by atomic mass is 79.9. The Balaban J connectivity index is 1.91. The van der Waals surface area contributed by atoms with Gasteiger partial charge in [0, 0.05) is 25.0 Å². The van der Waals surface area contributed by atoms with Crippen LogP contribution >= 0.6 is 15.9 Å². The normalized spacial score (nSPS) is 11.5. The third-order valence-corrected chi connectivity index (χ3v) is 4.11. The van der Waals surface area contributed by atoms with Crippen LogP contribution in [-0.4, -0.2) is 31.7 Å². The van der Waals surface area contributed by atoms with E-state index in [1.165, 1.54) is 0 Å². The summed E-state index contributed by atoms with van der Waals surface area (Å²) >= 11 is 3.46. The topological polar surface area (TPSA) is 96.6 Å². The molecule has 0 saturated heterocycles. The van der Waals surface area contributed by atoms with Crippen LogP contribution in [0.2, 0.25) is 0 Å². The summed E-state index contributed by atoms with van der Waals surface area (Å²) < 4.78 is 2.50. The Morgan fingerprint density at radius 2 is 2.20 bits per heavy atom. The molecule has 2 N–H and O–H groups in total. The highest BCUT2D eigenvalue weighted by molar-refractivity contribution is 9.10. The molecule has 0 aromatic carbocycles. The zero-order valence-corrected chi connectivity index (χ0v) is 15.5. The molecule has 0 aliphatic heterocycles. The van der Waals surface area contributed by atoms with E-state index in [4.69, 9.17) is 0 Å². The van der Waals surface area contributed by atoms with Crippen molar-refractivity contribution >= 4 is 33.2 Å². The lowest BCUT2D eigenvalue weighted by molar-refractivity contribution is 0.576. The summed E-state index contributed by atoms with van der Waals surface area (Å²) in [5.41, 5.74) is 1.23. The fourth-order valence-corrected chi connectivity index (χ4v) is 2.72. The molecule has 0 bridgehead atoms. The molecule has 3 aromatic heterocycles. The van der Waals surface area contributed by atoms with Crippen LogP contribution in [0.3, 0.4) is 0 Å². The van der Waals surface area contributed by atoms with Crippen LogP contribution in [-0.2, 0) is 6.54 Å². The van der Waals surface area contributed by atoms with Crippen LogP contribution in [0, 0.1) is 4.91 Å². The van der Waals surface area contributed by atoms with E-state index in [1.807, 2.05) is 38.2 Å². The van der Waals surface area contributed by atoms with Crippen molar-refractivity contribution in [3.8, 4) is 0 Å². The molecule has 3 aromatic rings. The number of pyridine rings is 1. The summed E-state index contributed by atoms with van der Waals surface area (Å²) in [4.78, 5) is 19.3. The molecule has 0 amide bonds. The second-order valence-corrected chi connectivity index (χ2v) is 7.12. The molecule has 0 atom stereocenters. The SMILES string of the molecule is CC(C)(CN=O)Nc1cc(NCc2cccnc2)n2ncc(Br)c2n1. The maximum absolute atomic E-state index is 10.6. The minimum atomic E-state index is -0.500. The van der Waals surface area contributed by atoms with Gasteiger partial charge in [0.15, 0.2) is 5.65 Å². The van der Waals surface area contributed by atoms with Gasteiger partial charge in [0.1, 0.15) is 18.2 Å². The predicted molar refractivity (Wildman–Crippen MR) is 101 cm³/mol. The number of nitrogens with zero attached hydrogens (tertiary/aromatic N) is 5. The maximum Gasteiger partial charge on any atom is 0.173 e. The number of hydrogen-bond acceptors (Lipinski definition) is 7. The highest BCUT2D eigenvalue weighted by Gasteiger charge is 2.20. The van der Waals surface area contributed by atoms with Crippen molar-refractivity contribution in [2.75, 3.05) is 17.2 Å². The molecule has 0 spiro atoms. The fourth-order valence-electron chi connectivity index (χ4n) is 2.37. The van der Waals surface area contributed by atoms with E-state index in [1.54, 1.807) is 16.9 Å². The molecule has 3 heterocycles. The summed E-state index contributed by atoms with van der Waals surface area (Å²) in [6.45, 7) is 4.53. The number of rotatable bonds is 7. The van der Waals surface area contributed by atoms with Crippen LogP contribution in [0.25, 0.3) is 5.65 Å². The lowest BCUT2D eigenvalue weighted by atomic mass is 10.1. The van der Waals surface area contributed by atoms with Gasteiger partial charge in [-0.2, -0.15) is 14.5 Å². The maximum atomic E-state index is 10.6. The first kappa shape index (κ1) is 17.3. The molecule has 0 aliphatic carbocycles. The van der Waals surface area contributed by atoms with E-state index in [-0.39, 0.29) is 6.54 Å². The number of halogens is 1. The second-order valence-electron chi connectivity index (χ2n) is 6.27. The van der Waals surface area contributed by atoms with Gasteiger partial charge in [-0.25, -0.2) is 4.98 Å². The Kier molecular flexibility index (Phi) is 4.93. The van der Waals surface area contributed by atoms with Gasteiger partial charge in [-0.3, -0.25) is 4.98 Å². The van der Waals surface area contributed by atoms with Crippen molar-refractivity contribution in [3.05, 3.63) is 51.7 Å². The summed E-state index contributed by atoms with van der Waals surface area (Å²) in [5, 5.41) is 13.9. The summed E-state index contributed by atoms with van der Waals surface area (Å²) in [5.74, 6) is 1.41. The molecular weight excluding hydrogens is 386 g/mol. The van der Waals surface area contributed by atoms with Crippen molar-refractivity contribution in [1.82, 2.24) is 19.6 Å². The number of aromatic nitrogens is 4. The van der Waals surface area contributed by atoms with E-state index in [0.29, 0.717) is 18.0 Å². The minimum absolute atomic E-state index is 0.138. The quantitative estimate of drug-likeness (QED) is 0.586. The van der Waals surface area contributed by atoms with Gasteiger partial charge in [0.05, 0.1) is 16.2 Å². The molecular formula is C16H18BrN7O. The molecule has 0 saturated carbocycles. The largest absolute Gasteiger partial charge is 0.366 e. The zero-order chi connectivity index (χ0) is 17.9. The fraction of sp³-hybridized carbons (Fsp3) is 0.312. The van der Waals surface area contributed by atoms with Gasteiger partial charge in [0.25, 0.3) is 0 Å². The van der Waals surface area contributed by atoms with E-state index in [0.717, 1.165) is 15.9 Å². The average Bonchev–Trinajstić information content (AvgIpc) is 2.94. The van der Waals surface area contributed by atoms with Gasteiger partial charge in [0.2, 0.25) is 0 Å². The Hall–Kier alpha value is -2.55. The molecule has 3 rings (SSSR count). The first-order valence-corrected chi connectivity index (χ1v) is 8.52. The lowest BCUT2D eigenvalue weighted by Crippen LogP contribution is -2.34. The van der Waals surface area contributed by atoms with Crippen LogP contribution < -0.4 is 10.6 Å². The monoisotopic (exact) mass is 403 g/mol.